The van der Waals surface area contributed by atoms with Crippen LogP contribution in [0.3, 0.4) is 0 Å². The Balaban J connectivity index is 2.37. The maximum atomic E-state index is 11.4. The second kappa shape index (κ2) is 6.19. The molecule has 3 N–H and O–H groups in total. The number of nitrogens with one attached hydrogen (secondary N) is 3. The van der Waals surface area contributed by atoms with E-state index < -0.39 is 0 Å². The average molecular weight is 210 g/mol. The van der Waals surface area contributed by atoms with Crippen LogP contribution in [0.2, 0.25) is 0 Å². The zero-order chi connectivity index (χ0) is 11.1. The van der Waals surface area contributed by atoms with Crippen molar-refractivity contribution in [2.24, 2.45) is 0 Å². The van der Waals surface area contributed by atoms with Crippen LogP contribution in [0.1, 0.15) is 25.8 Å². The summed E-state index contributed by atoms with van der Waals surface area (Å²) in [5, 5.41) is 12.5. The van der Waals surface area contributed by atoms with Crippen molar-refractivity contribution in [2.45, 2.75) is 26.7 Å². The van der Waals surface area contributed by atoms with Crippen molar-refractivity contribution in [2.75, 3.05) is 18.4 Å². The highest BCUT2D eigenvalue weighted by atomic mass is 16.2. The number of anilines is 1. The van der Waals surface area contributed by atoms with E-state index in [9.17, 15) is 4.79 Å². The van der Waals surface area contributed by atoms with E-state index in [1.807, 2.05) is 6.92 Å². The molecule has 0 aliphatic heterocycles. The van der Waals surface area contributed by atoms with E-state index in [1.165, 1.54) is 0 Å². The van der Waals surface area contributed by atoms with Crippen molar-refractivity contribution in [1.29, 1.82) is 0 Å². The molecule has 0 aromatic carbocycles. The predicted molar refractivity (Wildman–Crippen MR) is 59.8 cm³/mol. The van der Waals surface area contributed by atoms with Gasteiger partial charge in [-0.05, 0) is 19.4 Å². The van der Waals surface area contributed by atoms with Gasteiger partial charge in [0.2, 0.25) is 5.91 Å². The molecule has 0 unspecified atom stereocenters. The molecule has 1 amide bonds. The SMILES string of the molecule is CCCNCC(=O)Nc1[nH]ncc1CC. The average Bonchev–Trinajstić information content (AvgIpc) is 2.65. The molecule has 15 heavy (non-hydrogen) atoms. The third-order valence-electron chi connectivity index (χ3n) is 2.08. The number of rotatable bonds is 6. The minimum Gasteiger partial charge on any atom is -0.310 e. The molecule has 5 heteroatoms. The van der Waals surface area contributed by atoms with E-state index in [4.69, 9.17) is 0 Å². The number of aromatic nitrogens is 2. The van der Waals surface area contributed by atoms with Gasteiger partial charge in [0.25, 0.3) is 0 Å². The molecule has 1 heterocycles. The number of hydrogen-bond donors (Lipinski definition) is 3. The molecule has 0 saturated heterocycles. The van der Waals surface area contributed by atoms with E-state index in [-0.39, 0.29) is 5.91 Å². The molecule has 0 bridgehead atoms. The molecule has 1 rings (SSSR count). The van der Waals surface area contributed by atoms with E-state index in [0.717, 1.165) is 24.9 Å². The van der Waals surface area contributed by atoms with E-state index in [0.29, 0.717) is 12.4 Å². The first-order chi connectivity index (χ1) is 7.27. The summed E-state index contributed by atoms with van der Waals surface area (Å²) < 4.78 is 0. The zero-order valence-electron chi connectivity index (χ0n) is 9.26. The lowest BCUT2D eigenvalue weighted by molar-refractivity contribution is -0.115. The summed E-state index contributed by atoms with van der Waals surface area (Å²) in [6, 6.07) is 0. The zero-order valence-corrected chi connectivity index (χ0v) is 9.26. The molecular formula is C10H18N4O. The number of nitrogens with zero attached hydrogens (tertiary/aromatic N) is 1. The number of aryl methyl sites for hydroxylation is 1. The van der Waals surface area contributed by atoms with Crippen LogP contribution in [0.15, 0.2) is 6.20 Å². The van der Waals surface area contributed by atoms with Crippen molar-refractivity contribution >= 4 is 11.7 Å². The number of aromatic amines is 1. The number of carbonyl (C=O) groups excluding carboxylic acids is 1. The van der Waals surface area contributed by atoms with Gasteiger partial charge in [-0.2, -0.15) is 5.10 Å². The van der Waals surface area contributed by atoms with Crippen LogP contribution in [0.5, 0.6) is 0 Å². The van der Waals surface area contributed by atoms with Gasteiger partial charge in [-0.25, -0.2) is 0 Å². The van der Waals surface area contributed by atoms with Crippen molar-refractivity contribution in [3.05, 3.63) is 11.8 Å². The maximum Gasteiger partial charge on any atom is 0.239 e. The summed E-state index contributed by atoms with van der Waals surface area (Å²) in [7, 11) is 0. The summed E-state index contributed by atoms with van der Waals surface area (Å²) in [5.74, 6) is 0.670. The molecule has 0 fully saturated rings. The highest BCUT2D eigenvalue weighted by Gasteiger charge is 2.06. The number of amides is 1. The van der Waals surface area contributed by atoms with Gasteiger partial charge in [-0.3, -0.25) is 9.89 Å². The summed E-state index contributed by atoms with van der Waals surface area (Å²) >= 11 is 0. The number of hydrogen-bond acceptors (Lipinski definition) is 3. The normalized spacial score (nSPS) is 10.3. The molecule has 0 saturated carbocycles. The first-order valence-electron chi connectivity index (χ1n) is 5.30. The van der Waals surface area contributed by atoms with Crippen LogP contribution in [0.25, 0.3) is 0 Å². The standard InChI is InChI=1S/C10H18N4O/c1-3-5-11-7-9(15)13-10-8(4-2)6-12-14-10/h6,11H,3-5,7H2,1-2H3,(H2,12,13,14,15). The van der Waals surface area contributed by atoms with Crippen molar-refractivity contribution in [3.8, 4) is 0 Å². The van der Waals surface area contributed by atoms with E-state index >= 15 is 0 Å². The van der Waals surface area contributed by atoms with E-state index in [1.54, 1.807) is 6.20 Å². The molecule has 5 nitrogen and oxygen atoms in total. The molecular weight excluding hydrogens is 192 g/mol. The van der Waals surface area contributed by atoms with Gasteiger partial charge in [0.15, 0.2) is 0 Å². The summed E-state index contributed by atoms with van der Waals surface area (Å²) in [4.78, 5) is 11.4. The van der Waals surface area contributed by atoms with Crippen LogP contribution >= 0.6 is 0 Å². The smallest absolute Gasteiger partial charge is 0.239 e. The van der Waals surface area contributed by atoms with Crippen molar-refractivity contribution < 1.29 is 4.79 Å². The van der Waals surface area contributed by atoms with Gasteiger partial charge >= 0.3 is 0 Å². The first kappa shape index (κ1) is 11.7. The second-order valence-electron chi connectivity index (χ2n) is 3.35. The van der Waals surface area contributed by atoms with Crippen LogP contribution in [0, 0.1) is 0 Å². The molecule has 0 aliphatic carbocycles. The van der Waals surface area contributed by atoms with Gasteiger partial charge in [-0.15, -0.1) is 0 Å². The van der Waals surface area contributed by atoms with Gasteiger partial charge in [0.1, 0.15) is 5.82 Å². The number of carbonyl (C=O) groups is 1. The fraction of sp³-hybridized carbons (Fsp3) is 0.600. The lowest BCUT2D eigenvalue weighted by Gasteiger charge is -2.05. The highest BCUT2D eigenvalue weighted by Crippen LogP contribution is 2.10. The third-order valence-corrected chi connectivity index (χ3v) is 2.08. The van der Waals surface area contributed by atoms with Gasteiger partial charge < -0.3 is 10.6 Å². The Morgan fingerprint density at radius 2 is 2.33 bits per heavy atom. The molecule has 1 aromatic heterocycles. The molecule has 0 spiro atoms. The Morgan fingerprint density at radius 1 is 1.53 bits per heavy atom. The summed E-state index contributed by atoms with van der Waals surface area (Å²) in [6.45, 7) is 5.29. The van der Waals surface area contributed by atoms with Crippen molar-refractivity contribution in [1.82, 2.24) is 15.5 Å². The Morgan fingerprint density at radius 3 is 3.00 bits per heavy atom. The fourth-order valence-electron chi connectivity index (χ4n) is 1.25. The van der Waals surface area contributed by atoms with Crippen molar-refractivity contribution in [3.63, 3.8) is 0 Å². The quantitative estimate of drug-likeness (QED) is 0.611. The van der Waals surface area contributed by atoms with Gasteiger partial charge in [0, 0.05) is 5.56 Å². The largest absolute Gasteiger partial charge is 0.310 e. The van der Waals surface area contributed by atoms with Crippen LogP contribution in [-0.2, 0) is 11.2 Å². The molecule has 0 radical (unpaired) electrons. The lowest BCUT2D eigenvalue weighted by Crippen LogP contribution is -2.28. The van der Waals surface area contributed by atoms with Gasteiger partial charge in [0.05, 0.1) is 12.7 Å². The Bertz CT molecular complexity index is 308. The molecule has 0 aliphatic rings. The molecule has 1 aromatic rings. The Kier molecular flexibility index (Phi) is 4.83. The molecule has 84 valence electrons. The molecule has 0 atom stereocenters. The van der Waals surface area contributed by atoms with Crippen LogP contribution < -0.4 is 10.6 Å². The minimum absolute atomic E-state index is 0.0394. The Hall–Kier alpha value is -1.36. The first-order valence-corrected chi connectivity index (χ1v) is 5.30. The minimum atomic E-state index is -0.0394. The maximum absolute atomic E-state index is 11.4. The predicted octanol–water partition coefficient (Wildman–Crippen LogP) is 0.910. The second-order valence-corrected chi connectivity index (χ2v) is 3.35. The summed E-state index contributed by atoms with van der Waals surface area (Å²) in [5.41, 5.74) is 1.03. The third kappa shape index (κ3) is 3.71. The highest BCUT2D eigenvalue weighted by molar-refractivity contribution is 5.91. The summed E-state index contributed by atoms with van der Waals surface area (Å²) in [6.07, 6.45) is 3.61. The number of H-pyrrole nitrogens is 1. The monoisotopic (exact) mass is 210 g/mol. The van der Waals surface area contributed by atoms with Crippen LogP contribution in [0.4, 0.5) is 5.82 Å². The van der Waals surface area contributed by atoms with E-state index in [2.05, 4.69) is 27.8 Å². The fourth-order valence-corrected chi connectivity index (χ4v) is 1.25. The van der Waals surface area contributed by atoms with Gasteiger partial charge in [-0.1, -0.05) is 13.8 Å². The topological polar surface area (TPSA) is 69.8 Å². The Labute approximate surface area is 89.6 Å². The van der Waals surface area contributed by atoms with Crippen LogP contribution in [-0.4, -0.2) is 29.2 Å². The lowest BCUT2D eigenvalue weighted by atomic mass is 10.2.